The number of nitrogens with two attached hydrogens (primary N) is 1. The predicted molar refractivity (Wildman–Crippen MR) is 86.8 cm³/mol. The van der Waals surface area contributed by atoms with Crippen LogP contribution in [0.4, 0.5) is 5.69 Å². The minimum absolute atomic E-state index is 0.0191. The maximum absolute atomic E-state index is 11.9. The van der Waals surface area contributed by atoms with Crippen LogP contribution in [0.15, 0.2) is 54.6 Å². The average Bonchev–Trinajstić information content (AvgIpc) is 2.54. The van der Waals surface area contributed by atoms with Crippen LogP contribution < -0.4 is 11.1 Å². The number of rotatable bonds is 5. The molecule has 0 aliphatic rings. The summed E-state index contributed by atoms with van der Waals surface area (Å²) in [5.74, 6) is -0.798. The van der Waals surface area contributed by atoms with E-state index in [1.54, 1.807) is 36.4 Å². The fraction of sp³-hybridized carbons (Fsp3) is 0.0625. The van der Waals surface area contributed by atoms with Gasteiger partial charge in [0, 0.05) is 16.8 Å². The number of anilines is 1. The first-order valence-corrected chi connectivity index (χ1v) is 7.47. The topological polar surface area (TPSA) is 89.3 Å². The highest BCUT2D eigenvalue weighted by Crippen LogP contribution is 2.14. The quantitative estimate of drug-likeness (QED) is 0.886. The van der Waals surface area contributed by atoms with Gasteiger partial charge in [0.05, 0.1) is 5.75 Å². The Balaban J connectivity index is 1.85. The molecule has 22 heavy (non-hydrogen) atoms. The molecule has 0 aliphatic heterocycles. The van der Waals surface area contributed by atoms with E-state index in [0.717, 1.165) is 11.8 Å². The molecule has 0 spiro atoms. The second kappa shape index (κ2) is 7.42. The summed E-state index contributed by atoms with van der Waals surface area (Å²) >= 11 is 0.940. The average molecular weight is 314 g/mol. The van der Waals surface area contributed by atoms with Crippen LogP contribution in [-0.4, -0.2) is 22.7 Å². The van der Waals surface area contributed by atoms with Crippen LogP contribution in [0.2, 0.25) is 0 Å². The number of hydrogen-bond acceptors (Lipinski definition) is 4. The van der Waals surface area contributed by atoms with Crippen molar-refractivity contribution < 1.29 is 14.4 Å². The summed E-state index contributed by atoms with van der Waals surface area (Å²) in [6.45, 7) is 0. The molecule has 0 fully saturated rings. The molecule has 2 rings (SSSR count). The Kier molecular flexibility index (Phi) is 5.32. The van der Waals surface area contributed by atoms with Gasteiger partial charge in [0.2, 0.25) is 16.9 Å². The lowest BCUT2D eigenvalue weighted by molar-refractivity contribution is -0.113. The van der Waals surface area contributed by atoms with Gasteiger partial charge in [0.1, 0.15) is 0 Å². The number of amides is 2. The molecule has 3 N–H and O–H groups in total. The van der Waals surface area contributed by atoms with Gasteiger partial charge in [-0.25, -0.2) is 0 Å². The summed E-state index contributed by atoms with van der Waals surface area (Å²) < 4.78 is 0. The number of benzene rings is 2. The van der Waals surface area contributed by atoms with Crippen molar-refractivity contribution in [1.29, 1.82) is 0 Å². The Hall–Kier alpha value is -2.60. The first-order chi connectivity index (χ1) is 10.6. The standard InChI is InChI=1S/C16H14N2O3S/c17-15(20)11-6-8-13(9-7-11)18-14(19)10-22-16(21)12-4-2-1-3-5-12/h1-9H,10H2,(H2,17,20)(H,18,19). The minimum Gasteiger partial charge on any atom is -0.366 e. The van der Waals surface area contributed by atoms with Crippen LogP contribution in [0, 0.1) is 0 Å². The maximum atomic E-state index is 11.9. The zero-order chi connectivity index (χ0) is 15.9. The van der Waals surface area contributed by atoms with Gasteiger partial charge in [-0.3, -0.25) is 14.4 Å². The van der Waals surface area contributed by atoms with Crippen molar-refractivity contribution in [2.45, 2.75) is 0 Å². The van der Waals surface area contributed by atoms with E-state index in [2.05, 4.69) is 5.32 Å². The van der Waals surface area contributed by atoms with Crippen molar-refractivity contribution in [2.24, 2.45) is 5.73 Å². The minimum atomic E-state index is -0.526. The van der Waals surface area contributed by atoms with Crippen molar-refractivity contribution in [3.8, 4) is 0 Å². The van der Waals surface area contributed by atoms with E-state index in [4.69, 9.17) is 5.73 Å². The number of primary amides is 1. The molecule has 0 heterocycles. The zero-order valence-corrected chi connectivity index (χ0v) is 12.4. The molecule has 0 unspecified atom stereocenters. The summed E-state index contributed by atoms with van der Waals surface area (Å²) in [5.41, 5.74) is 6.61. The van der Waals surface area contributed by atoms with Crippen molar-refractivity contribution in [3.05, 3.63) is 65.7 Å². The summed E-state index contributed by atoms with van der Waals surface area (Å²) in [7, 11) is 0. The van der Waals surface area contributed by atoms with Crippen LogP contribution in [0.5, 0.6) is 0 Å². The molecule has 0 aliphatic carbocycles. The maximum Gasteiger partial charge on any atom is 0.248 e. The Morgan fingerprint density at radius 3 is 2.14 bits per heavy atom. The first-order valence-electron chi connectivity index (χ1n) is 6.48. The Morgan fingerprint density at radius 2 is 1.55 bits per heavy atom. The van der Waals surface area contributed by atoms with Gasteiger partial charge in [-0.1, -0.05) is 42.1 Å². The van der Waals surface area contributed by atoms with Crippen molar-refractivity contribution in [1.82, 2.24) is 0 Å². The van der Waals surface area contributed by atoms with E-state index in [9.17, 15) is 14.4 Å². The van der Waals surface area contributed by atoms with Gasteiger partial charge >= 0.3 is 0 Å². The Bertz CT molecular complexity index is 684. The van der Waals surface area contributed by atoms with Crippen LogP contribution in [-0.2, 0) is 4.79 Å². The van der Waals surface area contributed by atoms with E-state index in [0.29, 0.717) is 16.8 Å². The summed E-state index contributed by atoms with van der Waals surface area (Å²) in [5, 5.41) is 2.50. The third-order valence-electron chi connectivity index (χ3n) is 2.80. The molecule has 2 amide bonds. The lowest BCUT2D eigenvalue weighted by Gasteiger charge is -2.05. The van der Waals surface area contributed by atoms with Gasteiger partial charge in [-0.05, 0) is 24.3 Å². The molecule has 0 radical (unpaired) electrons. The molecule has 0 saturated carbocycles. The molecule has 2 aromatic rings. The smallest absolute Gasteiger partial charge is 0.248 e. The van der Waals surface area contributed by atoms with E-state index in [1.165, 1.54) is 12.1 Å². The second-order valence-electron chi connectivity index (χ2n) is 4.43. The summed E-state index contributed by atoms with van der Waals surface area (Å²) in [6.07, 6.45) is 0. The van der Waals surface area contributed by atoms with Gasteiger partial charge < -0.3 is 11.1 Å². The lowest BCUT2D eigenvalue weighted by Crippen LogP contribution is -2.16. The van der Waals surface area contributed by atoms with E-state index >= 15 is 0 Å². The Morgan fingerprint density at radius 1 is 0.909 bits per heavy atom. The molecule has 0 saturated heterocycles. The molecule has 0 atom stereocenters. The fourth-order valence-corrected chi connectivity index (χ4v) is 2.34. The van der Waals surface area contributed by atoms with Crippen molar-refractivity contribution >= 4 is 34.4 Å². The van der Waals surface area contributed by atoms with Gasteiger partial charge in [0.25, 0.3) is 0 Å². The molecule has 0 bridgehead atoms. The Labute approximate surface area is 131 Å². The SMILES string of the molecule is NC(=O)c1ccc(NC(=O)CSC(=O)c2ccccc2)cc1. The van der Waals surface area contributed by atoms with Gasteiger partial charge in [-0.15, -0.1) is 0 Å². The highest BCUT2D eigenvalue weighted by Gasteiger charge is 2.10. The number of carbonyl (C=O) groups is 3. The number of nitrogens with one attached hydrogen (secondary N) is 1. The van der Waals surface area contributed by atoms with E-state index in [1.807, 2.05) is 6.07 Å². The number of carbonyl (C=O) groups excluding carboxylic acids is 3. The highest BCUT2D eigenvalue weighted by molar-refractivity contribution is 8.14. The molecule has 5 nitrogen and oxygen atoms in total. The first kappa shape index (κ1) is 15.8. The van der Waals surface area contributed by atoms with Crippen LogP contribution >= 0.6 is 11.8 Å². The number of thioether (sulfide) groups is 1. The monoisotopic (exact) mass is 314 g/mol. The normalized spacial score (nSPS) is 10.0. The third kappa shape index (κ3) is 4.46. The molecule has 0 aromatic heterocycles. The molecule has 6 heteroatoms. The van der Waals surface area contributed by atoms with Crippen molar-refractivity contribution in [3.63, 3.8) is 0 Å². The van der Waals surface area contributed by atoms with Crippen LogP contribution in [0.1, 0.15) is 20.7 Å². The van der Waals surface area contributed by atoms with Crippen LogP contribution in [0.25, 0.3) is 0 Å². The van der Waals surface area contributed by atoms with Crippen LogP contribution in [0.3, 0.4) is 0 Å². The lowest BCUT2D eigenvalue weighted by atomic mass is 10.2. The van der Waals surface area contributed by atoms with Crippen molar-refractivity contribution in [2.75, 3.05) is 11.1 Å². The molecular weight excluding hydrogens is 300 g/mol. The third-order valence-corrected chi connectivity index (χ3v) is 3.70. The summed E-state index contributed by atoms with van der Waals surface area (Å²) in [6, 6.07) is 15.0. The van der Waals surface area contributed by atoms with E-state index < -0.39 is 5.91 Å². The zero-order valence-electron chi connectivity index (χ0n) is 11.6. The molecule has 2 aromatic carbocycles. The molecular formula is C16H14N2O3S. The van der Waals surface area contributed by atoms with E-state index in [-0.39, 0.29) is 16.8 Å². The fourth-order valence-electron chi connectivity index (χ4n) is 1.70. The molecule has 112 valence electrons. The predicted octanol–water partition coefficient (Wildman–Crippen LogP) is 2.30. The van der Waals surface area contributed by atoms with Gasteiger partial charge in [-0.2, -0.15) is 0 Å². The number of hydrogen-bond donors (Lipinski definition) is 2. The second-order valence-corrected chi connectivity index (χ2v) is 5.38. The highest BCUT2D eigenvalue weighted by atomic mass is 32.2. The van der Waals surface area contributed by atoms with Gasteiger partial charge in [0.15, 0.2) is 0 Å². The summed E-state index contributed by atoms with van der Waals surface area (Å²) in [4.78, 5) is 34.6. The largest absolute Gasteiger partial charge is 0.366 e.